The van der Waals surface area contributed by atoms with E-state index in [9.17, 15) is 13.2 Å². The van der Waals surface area contributed by atoms with E-state index < -0.39 is 9.84 Å². The number of carbonyl (C=O) groups is 1. The smallest absolute Gasteiger partial charge is 0.252 e. The van der Waals surface area contributed by atoms with Gasteiger partial charge in [-0.1, -0.05) is 42.5 Å². The number of aromatic nitrogens is 2. The first-order valence-electron chi connectivity index (χ1n) is 9.84. The van der Waals surface area contributed by atoms with Crippen LogP contribution in [0.5, 0.6) is 0 Å². The molecule has 6 nitrogen and oxygen atoms in total. The van der Waals surface area contributed by atoms with E-state index >= 15 is 0 Å². The third kappa shape index (κ3) is 4.22. The van der Waals surface area contributed by atoms with Gasteiger partial charge in [-0.25, -0.2) is 8.42 Å². The van der Waals surface area contributed by atoms with Crippen molar-refractivity contribution in [1.82, 2.24) is 15.1 Å². The SMILES string of the molecule is Cc1cc(CNC(=O)c2cccc3c(-c4ccc(S(C)(=O)=O)cc4)cccc23)n(C)n1. The molecule has 0 atom stereocenters. The normalized spacial score (nSPS) is 11.6. The Bertz CT molecular complexity index is 1390. The fourth-order valence-corrected chi connectivity index (χ4v) is 4.37. The van der Waals surface area contributed by atoms with Crippen molar-refractivity contribution in [3.05, 3.63) is 83.7 Å². The highest BCUT2D eigenvalue weighted by atomic mass is 32.2. The van der Waals surface area contributed by atoms with Crippen molar-refractivity contribution in [2.24, 2.45) is 7.05 Å². The highest BCUT2D eigenvalue weighted by Gasteiger charge is 2.14. The topological polar surface area (TPSA) is 81.1 Å². The predicted octanol–water partition coefficient (Wildman–Crippen LogP) is 3.88. The van der Waals surface area contributed by atoms with Crippen LogP contribution in [0.4, 0.5) is 0 Å². The van der Waals surface area contributed by atoms with E-state index in [4.69, 9.17) is 0 Å². The average molecular weight is 434 g/mol. The van der Waals surface area contributed by atoms with Gasteiger partial charge in [0.15, 0.2) is 9.84 Å². The summed E-state index contributed by atoms with van der Waals surface area (Å²) in [5.74, 6) is -0.158. The molecule has 7 heteroatoms. The first kappa shape index (κ1) is 20.8. The van der Waals surface area contributed by atoms with Crippen molar-refractivity contribution < 1.29 is 13.2 Å². The molecule has 0 saturated heterocycles. The Morgan fingerprint density at radius 1 is 1.00 bits per heavy atom. The zero-order valence-corrected chi connectivity index (χ0v) is 18.4. The van der Waals surface area contributed by atoms with Gasteiger partial charge in [0, 0.05) is 18.9 Å². The average Bonchev–Trinajstić information content (AvgIpc) is 3.07. The number of fused-ring (bicyclic) bond motifs is 1. The van der Waals surface area contributed by atoms with Crippen molar-refractivity contribution in [2.75, 3.05) is 6.26 Å². The molecule has 0 radical (unpaired) electrons. The van der Waals surface area contributed by atoms with Crippen LogP contribution in [-0.2, 0) is 23.4 Å². The molecule has 0 bridgehead atoms. The van der Waals surface area contributed by atoms with Gasteiger partial charge in [-0.3, -0.25) is 9.48 Å². The summed E-state index contributed by atoms with van der Waals surface area (Å²) < 4.78 is 25.3. The molecule has 1 heterocycles. The second kappa shape index (κ2) is 8.00. The number of benzene rings is 3. The lowest BCUT2D eigenvalue weighted by Gasteiger charge is -2.12. The summed E-state index contributed by atoms with van der Waals surface area (Å²) in [6.45, 7) is 2.30. The van der Waals surface area contributed by atoms with Crippen LogP contribution in [0.15, 0.2) is 71.6 Å². The number of aryl methyl sites for hydroxylation is 2. The Morgan fingerprint density at radius 2 is 1.68 bits per heavy atom. The van der Waals surface area contributed by atoms with E-state index in [-0.39, 0.29) is 10.8 Å². The first-order valence-corrected chi connectivity index (χ1v) is 11.7. The molecule has 0 aliphatic rings. The van der Waals surface area contributed by atoms with E-state index in [0.29, 0.717) is 12.1 Å². The minimum absolute atomic E-state index is 0.158. The van der Waals surface area contributed by atoms with Gasteiger partial charge in [-0.2, -0.15) is 5.10 Å². The second-order valence-electron chi connectivity index (χ2n) is 7.59. The van der Waals surface area contributed by atoms with E-state index in [0.717, 1.165) is 33.3 Å². The lowest BCUT2D eigenvalue weighted by molar-refractivity contribution is 0.0951. The van der Waals surface area contributed by atoms with E-state index in [1.807, 2.05) is 56.4 Å². The number of hydrogen-bond donors (Lipinski definition) is 1. The summed E-state index contributed by atoms with van der Waals surface area (Å²) in [5, 5.41) is 9.05. The molecule has 0 fully saturated rings. The first-order chi connectivity index (χ1) is 14.7. The molecule has 4 rings (SSSR count). The summed E-state index contributed by atoms with van der Waals surface area (Å²) in [7, 11) is -1.40. The Kier molecular flexibility index (Phi) is 5.37. The van der Waals surface area contributed by atoms with Gasteiger partial charge >= 0.3 is 0 Å². The molecule has 0 unspecified atom stereocenters. The number of nitrogens with zero attached hydrogens (tertiary/aromatic N) is 2. The zero-order valence-electron chi connectivity index (χ0n) is 17.6. The molecular weight excluding hydrogens is 410 g/mol. The fraction of sp³-hybridized carbons (Fsp3) is 0.167. The van der Waals surface area contributed by atoms with Crippen molar-refractivity contribution in [2.45, 2.75) is 18.4 Å². The summed E-state index contributed by atoms with van der Waals surface area (Å²) >= 11 is 0. The van der Waals surface area contributed by atoms with E-state index in [1.54, 1.807) is 28.9 Å². The van der Waals surface area contributed by atoms with Crippen LogP contribution in [0, 0.1) is 6.92 Å². The quantitative estimate of drug-likeness (QED) is 0.518. The summed E-state index contributed by atoms with van der Waals surface area (Å²) in [6.07, 6.45) is 1.19. The minimum atomic E-state index is -3.25. The van der Waals surface area contributed by atoms with Crippen LogP contribution in [0.3, 0.4) is 0 Å². The molecule has 0 saturated carbocycles. The number of rotatable bonds is 5. The van der Waals surface area contributed by atoms with Crippen LogP contribution in [0.1, 0.15) is 21.7 Å². The Balaban J connectivity index is 1.68. The second-order valence-corrected chi connectivity index (χ2v) is 9.60. The maximum Gasteiger partial charge on any atom is 0.252 e. The largest absolute Gasteiger partial charge is 0.346 e. The highest BCUT2D eigenvalue weighted by Crippen LogP contribution is 2.31. The van der Waals surface area contributed by atoms with E-state index in [2.05, 4.69) is 10.4 Å². The van der Waals surface area contributed by atoms with Gasteiger partial charge in [-0.05, 0) is 53.1 Å². The Morgan fingerprint density at radius 3 is 2.32 bits per heavy atom. The minimum Gasteiger partial charge on any atom is -0.346 e. The van der Waals surface area contributed by atoms with Gasteiger partial charge in [0.2, 0.25) is 0 Å². The maximum atomic E-state index is 12.9. The van der Waals surface area contributed by atoms with Gasteiger partial charge < -0.3 is 5.32 Å². The third-order valence-corrected chi connectivity index (χ3v) is 6.42. The molecular formula is C24H23N3O3S. The molecule has 0 spiro atoms. The zero-order chi connectivity index (χ0) is 22.2. The van der Waals surface area contributed by atoms with Crippen LogP contribution in [0.25, 0.3) is 21.9 Å². The van der Waals surface area contributed by atoms with Gasteiger partial charge in [0.25, 0.3) is 5.91 Å². The monoisotopic (exact) mass is 433 g/mol. The third-order valence-electron chi connectivity index (χ3n) is 5.29. The fourth-order valence-electron chi connectivity index (χ4n) is 3.74. The number of nitrogens with one attached hydrogen (secondary N) is 1. The molecule has 1 aromatic heterocycles. The molecule has 1 N–H and O–H groups in total. The molecule has 0 aliphatic carbocycles. The van der Waals surface area contributed by atoms with Crippen molar-refractivity contribution in [1.29, 1.82) is 0 Å². The molecule has 0 aliphatic heterocycles. The molecule has 31 heavy (non-hydrogen) atoms. The van der Waals surface area contributed by atoms with Crippen LogP contribution in [0.2, 0.25) is 0 Å². The predicted molar refractivity (Wildman–Crippen MR) is 122 cm³/mol. The maximum absolute atomic E-state index is 12.9. The summed E-state index contributed by atoms with van der Waals surface area (Å²) in [6, 6.07) is 20.2. The number of hydrogen-bond acceptors (Lipinski definition) is 4. The number of sulfone groups is 1. The van der Waals surface area contributed by atoms with Crippen molar-refractivity contribution in [3.8, 4) is 11.1 Å². The molecule has 1 amide bonds. The van der Waals surface area contributed by atoms with Gasteiger partial charge in [-0.15, -0.1) is 0 Å². The number of amides is 1. The standard InChI is InChI=1S/C24H23N3O3S/c1-16-14-18(27(2)26-16)15-25-24(28)23-9-5-7-21-20(6-4-8-22(21)23)17-10-12-19(13-11-17)31(3,29)30/h4-14H,15H2,1-3H3,(H,25,28). The lowest BCUT2D eigenvalue weighted by Crippen LogP contribution is -2.24. The van der Waals surface area contributed by atoms with Crippen LogP contribution in [-0.4, -0.2) is 30.4 Å². The molecule has 158 valence electrons. The molecule has 4 aromatic rings. The Labute approximate surface area is 181 Å². The highest BCUT2D eigenvalue weighted by molar-refractivity contribution is 7.90. The molecule has 3 aromatic carbocycles. The van der Waals surface area contributed by atoms with Crippen molar-refractivity contribution >= 4 is 26.5 Å². The van der Waals surface area contributed by atoms with Crippen molar-refractivity contribution in [3.63, 3.8) is 0 Å². The number of carbonyl (C=O) groups excluding carboxylic acids is 1. The van der Waals surface area contributed by atoms with Crippen LogP contribution < -0.4 is 5.32 Å². The van der Waals surface area contributed by atoms with E-state index in [1.165, 1.54) is 6.26 Å². The van der Waals surface area contributed by atoms with Crippen LogP contribution >= 0.6 is 0 Å². The summed E-state index contributed by atoms with van der Waals surface area (Å²) in [4.78, 5) is 13.2. The van der Waals surface area contributed by atoms with Gasteiger partial charge in [0.1, 0.15) is 0 Å². The Hall–Kier alpha value is -3.45. The van der Waals surface area contributed by atoms with Gasteiger partial charge in [0.05, 0.1) is 22.8 Å². The lowest BCUT2D eigenvalue weighted by atomic mass is 9.95. The summed E-state index contributed by atoms with van der Waals surface area (Å²) in [5.41, 5.74) is 4.25.